The predicted octanol–water partition coefficient (Wildman–Crippen LogP) is 5.85. The van der Waals surface area contributed by atoms with Gasteiger partial charge in [0.15, 0.2) is 5.13 Å². The molecule has 2 heterocycles. The van der Waals surface area contributed by atoms with Crippen LogP contribution in [0.25, 0.3) is 21.6 Å². The van der Waals surface area contributed by atoms with E-state index < -0.39 is 0 Å². The molecule has 4 rings (SSSR count). The second-order valence-electron chi connectivity index (χ2n) is 6.22. The van der Waals surface area contributed by atoms with Crippen molar-refractivity contribution >= 4 is 34.1 Å². The maximum Gasteiger partial charge on any atom is 0.321 e. The molecule has 2 amide bonds. The molecule has 5 nitrogen and oxygen atoms in total. The Morgan fingerprint density at radius 3 is 2.55 bits per heavy atom. The lowest BCUT2D eigenvalue weighted by molar-refractivity contribution is 0.251. The van der Waals surface area contributed by atoms with Crippen LogP contribution in [-0.2, 0) is 6.54 Å². The summed E-state index contributed by atoms with van der Waals surface area (Å²) in [6, 6.07) is 19.0. The Kier molecular flexibility index (Phi) is 5.84. The summed E-state index contributed by atoms with van der Waals surface area (Å²) in [6.07, 6.45) is 5.26. The molecule has 2 N–H and O–H groups in total. The number of halogens is 1. The molecule has 0 saturated heterocycles. The summed E-state index contributed by atoms with van der Waals surface area (Å²) in [4.78, 5) is 21.7. The van der Waals surface area contributed by atoms with Gasteiger partial charge in [-0.25, -0.2) is 9.78 Å². The second-order valence-corrected chi connectivity index (χ2v) is 7.66. The molecule has 0 aliphatic rings. The number of hydrogen-bond donors (Lipinski definition) is 2. The fourth-order valence-electron chi connectivity index (χ4n) is 2.88. The zero-order valence-electron chi connectivity index (χ0n) is 15.3. The van der Waals surface area contributed by atoms with Gasteiger partial charge in [-0.2, -0.15) is 0 Å². The quantitative estimate of drug-likeness (QED) is 0.425. The van der Waals surface area contributed by atoms with Crippen LogP contribution in [0.2, 0.25) is 5.02 Å². The van der Waals surface area contributed by atoms with E-state index in [0.29, 0.717) is 16.7 Å². The smallest absolute Gasteiger partial charge is 0.321 e. The molecule has 7 heteroatoms. The lowest BCUT2D eigenvalue weighted by atomic mass is 10.0. The van der Waals surface area contributed by atoms with E-state index in [1.807, 2.05) is 60.7 Å². The number of rotatable bonds is 5. The minimum absolute atomic E-state index is 0.296. The molecular weight excluding hydrogens is 404 g/mol. The van der Waals surface area contributed by atoms with Gasteiger partial charge in [-0.3, -0.25) is 10.3 Å². The van der Waals surface area contributed by atoms with Crippen LogP contribution in [0.4, 0.5) is 9.93 Å². The topological polar surface area (TPSA) is 66.9 Å². The first kappa shape index (κ1) is 19.1. The Labute approximate surface area is 177 Å². The zero-order chi connectivity index (χ0) is 20.1. The van der Waals surface area contributed by atoms with Crippen molar-refractivity contribution in [2.24, 2.45) is 0 Å². The number of aromatic nitrogens is 2. The number of hydrogen-bond acceptors (Lipinski definition) is 4. The number of nitrogens with one attached hydrogen (secondary N) is 2. The Balaban J connectivity index is 1.50. The van der Waals surface area contributed by atoms with E-state index in [9.17, 15) is 4.79 Å². The first-order valence-electron chi connectivity index (χ1n) is 8.94. The van der Waals surface area contributed by atoms with E-state index in [1.165, 1.54) is 11.3 Å². The van der Waals surface area contributed by atoms with Crippen molar-refractivity contribution in [3.8, 4) is 21.6 Å². The summed E-state index contributed by atoms with van der Waals surface area (Å²) in [5, 5.41) is 6.80. The van der Waals surface area contributed by atoms with Crippen LogP contribution in [0.1, 0.15) is 5.56 Å². The normalized spacial score (nSPS) is 10.5. The fourth-order valence-corrected chi connectivity index (χ4v) is 3.97. The van der Waals surface area contributed by atoms with Crippen LogP contribution in [0.5, 0.6) is 0 Å². The number of nitrogens with zero attached hydrogens (tertiary/aromatic N) is 2. The monoisotopic (exact) mass is 420 g/mol. The molecule has 0 atom stereocenters. The fraction of sp³-hybridized carbons (Fsp3) is 0.0455. The van der Waals surface area contributed by atoms with Gasteiger partial charge < -0.3 is 5.32 Å². The average molecular weight is 421 g/mol. The third-order valence-electron chi connectivity index (χ3n) is 4.27. The summed E-state index contributed by atoms with van der Waals surface area (Å²) in [6.45, 7) is 0.450. The summed E-state index contributed by atoms with van der Waals surface area (Å²) >= 11 is 7.77. The van der Waals surface area contributed by atoms with E-state index in [0.717, 1.165) is 27.1 Å². The van der Waals surface area contributed by atoms with Gasteiger partial charge in [0.1, 0.15) is 0 Å². The largest absolute Gasteiger partial charge is 0.334 e. The average Bonchev–Trinajstić information content (AvgIpc) is 3.22. The first-order valence-corrected chi connectivity index (χ1v) is 10.1. The number of pyridine rings is 1. The van der Waals surface area contributed by atoms with E-state index in [1.54, 1.807) is 18.6 Å². The molecule has 4 aromatic rings. The van der Waals surface area contributed by atoms with E-state index in [-0.39, 0.29) is 6.03 Å². The minimum Gasteiger partial charge on any atom is -0.334 e. The number of thiazole rings is 1. The minimum atomic E-state index is -0.296. The van der Waals surface area contributed by atoms with Gasteiger partial charge in [-0.1, -0.05) is 71.5 Å². The number of amides is 2. The van der Waals surface area contributed by atoms with Crippen molar-refractivity contribution in [3.63, 3.8) is 0 Å². The van der Waals surface area contributed by atoms with E-state index >= 15 is 0 Å². The lowest BCUT2D eigenvalue weighted by Gasteiger charge is -2.09. The van der Waals surface area contributed by atoms with E-state index in [2.05, 4.69) is 20.6 Å². The molecule has 0 aliphatic carbocycles. The maximum absolute atomic E-state index is 12.2. The van der Waals surface area contributed by atoms with Crippen LogP contribution in [0.3, 0.4) is 0 Å². The molecular formula is C22H17ClN4OS. The van der Waals surface area contributed by atoms with Gasteiger partial charge in [0, 0.05) is 46.8 Å². The number of benzene rings is 2. The number of carbonyl (C=O) groups is 1. The maximum atomic E-state index is 12.2. The van der Waals surface area contributed by atoms with Gasteiger partial charge in [0.25, 0.3) is 0 Å². The summed E-state index contributed by atoms with van der Waals surface area (Å²) in [7, 11) is 0. The first-order chi connectivity index (χ1) is 14.2. The molecule has 0 fully saturated rings. The van der Waals surface area contributed by atoms with Crippen molar-refractivity contribution in [2.75, 3.05) is 5.32 Å². The standard InChI is InChI=1S/C22H17ClN4OS/c23-19-9-5-4-8-16(19)18-13-24-11-10-17(18)20-14-26-22(29-20)27-21(28)25-12-15-6-2-1-3-7-15/h1-11,13-14H,12H2,(H2,25,26,27,28). The summed E-state index contributed by atoms with van der Waals surface area (Å²) in [5.74, 6) is 0. The highest BCUT2D eigenvalue weighted by Crippen LogP contribution is 2.38. The molecule has 0 radical (unpaired) electrons. The van der Waals surface area contributed by atoms with Crippen molar-refractivity contribution in [1.29, 1.82) is 0 Å². The number of urea groups is 1. The summed E-state index contributed by atoms with van der Waals surface area (Å²) in [5.41, 5.74) is 3.81. The van der Waals surface area contributed by atoms with Crippen LogP contribution in [0.15, 0.2) is 79.3 Å². The highest BCUT2D eigenvalue weighted by molar-refractivity contribution is 7.19. The molecule has 0 saturated carbocycles. The molecule has 29 heavy (non-hydrogen) atoms. The van der Waals surface area contributed by atoms with Crippen LogP contribution in [0, 0.1) is 0 Å². The van der Waals surface area contributed by atoms with Crippen molar-refractivity contribution < 1.29 is 4.79 Å². The van der Waals surface area contributed by atoms with Gasteiger partial charge in [-0.15, -0.1) is 0 Å². The van der Waals surface area contributed by atoms with E-state index in [4.69, 9.17) is 11.6 Å². The summed E-state index contributed by atoms with van der Waals surface area (Å²) < 4.78 is 0. The Morgan fingerprint density at radius 2 is 1.72 bits per heavy atom. The third-order valence-corrected chi connectivity index (χ3v) is 5.55. The molecule has 0 spiro atoms. The van der Waals surface area contributed by atoms with Gasteiger partial charge in [-0.05, 0) is 17.7 Å². The molecule has 2 aromatic carbocycles. The molecule has 0 bridgehead atoms. The lowest BCUT2D eigenvalue weighted by Crippen LogP contribution is -2.28. The Hall–Kier alpha value is -3.22. The van der Waals surface area contributed by atoms with Crippen LogP contribution < -0.4 is 10.6 Å². The highest BCUT2D eigenvalue weighted by atomic mass is 35.5. The van der Waals surface area contributed by atoms with Crippen molar-refractivity contribution in [1.82, 2.24) is 15.3 Å². The Bertz CT molecular complexity index is 1130. The van der Waals surface area contributed by atoms with Gasteiger partial charge >= 0.3 is 6.03 Å². The molecule has 0 unspecified atom stereocenters. The number of anilines is 1. The van der Waals surface area contributed by atoms with Crippen LogP contribution in [-0.4, -0.2) is 16.0 Å². The predicted molar refractivity (Wildman–Crippen MR) is 118 cm³/mol. The molecule has 144 valence electrons. The highest BCUT2D eigenvalue weighted by Gasteiger charge is 2.14. The van der Waals surface area contributed by atoms with Gasteiger partial charge in [0.2, 0.25) is 0 Å². The van der Waals surface area contributed by atoms with Crippen molar-refractivity contribution in [3.05, 3.63) is 89.8 Å². The van der Waals surface area contributed by atoms with Crippen LogP contribution >= 0.6 is 22.9 Å². The van der Waals surface area contributed by atoms with Crippen molar-refractivity contribution in [2.45, 2.75) is 6.54 Å². The van der Waals surface area contributed by atoms with Gasteiger partial charge in [0.05, 0.1) is 4.88 Å². The number of carbonyl (C=O) groups excluding carboxylic acids is 1. The second kappa shape index (κ2) is 8.86. The zero-order valence-corrected chi connectivity index (χ0v) is 16.9. The Morgan fingerprint density at radius 1 is 0.931 bits per heavy atom. The molecule has 2 aromatic heterocycles. The SMILES string of the molecule is O=C(NCc1ccccc1)Nc1ncc(-c2ccncc2-c2ccccc2Cl)s1. The molecule has 0 aliphatic heterocycles. The third kappa shape index (κ3) is 4.62.